The van der Waals surface area contributed by atoms with Crippen LogP contribution in [0.15, 0.2) is 29.2 Å². The Hall–Kier alpha value is -1.53. The summed E-state index contributed by atoms with van der Waals surface area (Å²) in [4.78, 5) is 8.10. The maximum atomic E-state index is 4.67. The topological polar surface area (TPSA) is 56.8 Å². The molecule has 3 rings (SSSR count). The number of anilines is 1. The van der Waals surface area contributed by atoms with Gasteiger partial charge >= 0.3 is 0 Å². The molecular formula is C14H19N5S. The molecular weight excluding hydrogens is 270 g/mol. The molecule has 0 unspecified atom stereocenters. The zero-order valence-corrected chi connectivity index (χ0v) is 12.6. The molecule has 20 heavy (non-hydrogen) atoms. The molecule has 0 radical (unpaired) electrons. The zero-order valence-electron chi connectivity index (χ0n) is 11.8. The quantitative estimate of drug-likeness (QED) is 0.846. The fourth-order valence-electron chi connectivity index (χ4n) is 2.47. The number of piperazine rings is 1. The minimum Gasteiger partial charge on any atom is -0.337 e. The smallest absolute Gasteiger partial charge is 0.245 e. The summed E-state index contributed by atoms with van der Waals surface area (Å²) in [6.45, 7) is 5.06. The summed E-state index contributed by atoms with van der Waals surface area (Å²) in [5.41, 5.74) is 1.11. The van der Waals surface area contributed by atoms with Gasteiger partial charge in [-0.25, -0.2) is 0 Å². The maximum Gasteiger partial charge on any atom is 0.245 e. The van der Waals surface area contributed by atoms with E-state index in [4.69, 9.17) is 0 Å². The van der Waals surface area contributed by atoms with Gasteiger partial charge in [-0.05, 0) is 19.2 Å². The first-order valence-corrected chi connectivity index (χ1v) is 8.04. The summed E-state index contributed by atoms with van der Waals surface area (Å²) in [6, 6.07) is 8.74. The number of nitrogens with zero attached hydrogens (tertiary/aromatic N) is 3. The SMILES string of the molecule is CSc1ccccc1-c1nc(N2CCN[C@H](C)C2)n[nH]1. The highest BCUT2D eigenvalue weighted by Crippen LogP contribution is 2.28. The Balaban J connectivity index is 1.86. The number of H-pyrrole nitrogens is 1. The third-order valence-corrected chi connectivity index (χ3v) is 4.28. The van der Waals surface area contributed by atoms with Crippen LogP contribution < -0.4 is 10.2 Å². The number of benzene rings is 1. The first kappa shape index (κ1) is 13.5. The standard InChI is InChI=1S/C14H19N5S/c1-10-9-19(8-7-15-10)14-16-13(17-18-14)11-5-3-4-6-12(11)20-2/h3-6,10,15H,7-9H2,1-2H3,(H,16,17,18)/t10-/m1/s1. The molecule has 0 bridgehead atoms. The summed E-state index contributed by atoms with van der Waals surface area (Å²) in [5.74, 6) is 1.64. The van der Waals surface area contributed by atoms with E-state index >= 15 is 0 Å². The van der Waals surface area contributed by atoms with Crippen molar-refractivity contribution in [2.45, 2.75) is 17.9 Å². The van der Waals surface area contributed by atoms with Gasteiger partial charge in [0.05, 0.1) is 0 Å². The fraction of sp³-hybridized carbons (Fsp3) is 0.429. The number of hydrogen-bond donors (Lipinski definition) is 2. The molecule has 0 spiro atoms. The van der Waals surface area contributed by atoms with Crippen LogP contribution in [0.2, 0.25) is 0 Å². The number of rotatable bonds is 3. The van der Waals surface area contributed by atoms with Crippen LogP contribution in [0.4, 0.5) is 5.95 Å². The molecule has 1 fully saturated rings. The van der Waals surface area contributed by atoms with Crippen LogP contribution in [-0.4, -0.2) is 47.1 Å². The van der Waals surface area contributed by atoms with Gasteiger partial charge in [-0.2, -0.15) is 4.98 Å². The van der Waals surface area contributed by atoms with Gasteiger partial charge in [0.15, 0.2) is 5.82 Å². The number of nitrogens with one attached hydrogen (secondary N) is 2. The van der Waals surface area contributed by atoms with E-state index in [1.807, 2.05) is 12.1 Å². The average Bonchev–Trinajstić information content (AvgIpc) is 2.97. The Bertz CT molecular complexity index is 582. The van der Waals surface area contributed by atoms with Crippen LogP contribution in [0.25, 0.3) is 11.4 Å². The molecule has 1 aromatic heterocycles. The second kappa shape index (κ2) is 5.85. The summed E-state index contributed by atoms with van der Waals surface area (Å²) >= 11 is 1.72. The lowest BCUT2D eigenvalue weighted by Crippen LogP contribution is -2.49. The van der Waals surface area contributed by atoms with Crippen molar-refractivity contribution >= 4 is 17.7 Å². The normalized spacial score (nSPS) is 19.3. The third-order valence-electron chi connectivity index (χ3n) is 3.49. The van der Waals surface area contributed by atoms with Crippen LogP contribution in [0, 0.1) is 0 Å². The minimum atomic E-state index is 0.476. The second-order valence-electron chi connectivity index (χ2n) is 4.99. The predicted octanol–water partition coefficient (Wildman–Crippen LogP) is 1.99. The van der Waals surface area contributed by atoms with E-state index in [1.54, 1.807) is 11.8 Å². The van der Waals surface area contributed by atoms with Gasteiger partial charge in [-0.1, -0.05) is 18.2 Å². The monoisotopic (exact) mass is 289 g/mol. The summed E-state index contributed by atoms with van der Waals surface area (Å²) in [6.07, 6.45) is 2.08. The van der Waals surface area contributed by atoms with Gasteiger partial charge in [0.25, 0.3) is 0 Å². The van der Waals surface area contributed by atoms with Crippen molar-refractivity contribution in [3.8, 4) is 11.4 Å². The van der Waals surface area contributed by atoms with E-state index in [0.29, 0.717) is 6.04 Å². The molecule has 1 atom stereocenters. The summed E-state index contributed by atoms with van der Waals surface area (Å²) in [5, 5.41) is 10.9. The van der Waals surface area contributed by atoms with Gasteiger partial charge < -0.3 is 10.2 Å². The molecule has 2 aromatic rings. The highest BCUT2D eigenvalue weighted by atomic mass is 32.2. The molecule has 1 aliphatic rings. The minimum absolute atomic E-state index is 0.476. The number of aromatic amines is 1. The Morgan fingerprint density at radius 1 is 1.35 bits per heavy atom. The second-order valence-corrected chi connectivity index (χ2v) is 5.83. The molecule has 6 heteroatoms. The molecule has 0 aliphatic carbocycles. The largest absolute Gasteiger partial charge is 0.337 e. The van der Waals surface area contributed by atoms with Crippen LogP contribution in [0.1, 0.15) is 6.92 Å². The first-order valence-electron chi connectivity index (χ1n) is 6.82. The Morgan fingerprint density at radius 2 is 2.20 bits per heavy atom. The highest BCUT2D eigenvalue weighted by Gasteiger charge is 2.20. The van der Waals surface area contributed by atoms with Crippen molar-refractivity contribution in [1.82, 2.24) is 20.5 Å². The number of aromatic nitrogens is 3. The predicted molar refractivity (Wildman–Crippen MR) is 83.3 cm³/mol. The first-order chi connectivity index (χ1) is 9.78. The Kier molecular flexibility index (Phi) is 3.93. The van der Waals surface area contributed by atoms with Crippen molar-refractivity contribution in [2.75, 3.05) is 30.8 Å². The van der Waals surface area contributed by atoms with Gasteiger partial charge in [-0.3, -0.25) is 5.10 Å². The van der Waals surface area contributed by atoms with Gasteiger partial charge in [-0.15, -0.1) is 16.9 Å². The van der Waals surface area contributed by atoms with E-state index < -0.39 is 0 Å². The van der Waals surface area contributed by atoms with Crippen molar-refractivity contribution < 1.29 is 0 Å². The van der Waals surface area contributed by atoms with Crippen LogP contribution in [0.5, 0.6) is 0 Å². The lowest BCUT2D eigenvalue weighted by molar-refractivity contribution is 0.480. The average molecular weight is 289 g/mol. The molecule has 1 aliphatic heterocycles. The van der Waals surface area contributed by atoms with Gasteiger partial charge in [0.2, 0.25) is 5.95 Å². The van der Waals surface area contributed by atoms with Crippen LogP contribution in [-0.2, 0) is 0 Å². The molecule has 5 nitrogen and oxygen atoms in total. The molecule has 1 saturated heterocycles. The maximum absolute atomic E-state index is 4.67. The molecule has 2 N–H and O–H groups in total. The van der Waals surface area contributed by atoms with E-state index in [9.17, 15) is 0 Å². The Labute approximate surface area is 123 Å². The lowest BCUT2D eigenvalue weighted by Gasteiger charge is -2.30. The summed E-state index contributed by atoms with van der Waals surface area (Å²) in [7, 11) is 0. The number of hydrogen-bond acceptors (Lipinski definition) is 5. The van der Waals surface area contributed by atoms with E-state index in [1.165, 1.54) is 4.90 Å². The summed E-state index contributed by atoms with van der Waals surface area (Å²) < 4.78 is 0. The van der Waals surface area contributed by atoms with Gasteiger partial charge in [0.1, 0.15) is 0 Å². The molecule has 0 amide bonds. The van der Waals surface area contributed by atoms with E-state index in [0.717, 1.165) is 37.0 Å². The van der Waals surface area contributed by atoms with Crippen LogP contribution >= 0.6 is 11.8 Å². The third kappa shape index (κ3) is 2.66. The molecule has 1 aromatic carbocycles. The van der Waals surface area contributed by atoms with E-state index in [2.05, 4.69) is 50.7 Å². The van der Waals surface area contributed by atoms with Crippen molar-refractivity contribution in [3.05, 3.63) is 24.3 Å². The fourth-order valence-corrected chi connectivity index (χ4v) is 3.07. The molecule has 0 saturated carbocycles. The zero-order chi connectivity index (χ0) is 13.9. The van der Waals surface area contributed by atoms with E-state index in [-0.39, 0.29) is 0 Å². The molecule has 106 valence electrons. The Morgan fingerprint density at radius 3 is 3.00 bits per heavy atom. The van der Waals surface area contributed by atoms with Gasteiger partial charge in [0, 0.05) is 36.1 Å². The van der Waals surface area contributed by atoms with Crippen molar-refractivity contribution in [2.24, 2.45) is 0 Å². The van der Waals surface area contributed by atoms with Crippen LogP contribution in [0.3, 0.4) is 0 Å². The van der Waals surface area contributed by atoms with Crippen molar-refractivity contribution in [3.63, 3.8) is 0 Å². The number of thioether (sulfide) groups is 1. The highest BCUT2D eigenvalue weighted by molar-refractivity contribution is 7.98. The molecule has 2 heterocycles. The lowest BCUT2D eigenvalue weighted by atomic mass is 10.2. The van der Waals surface area contributed by atoms with Crippen molar-refractivity contribution in [1.29, 1.82) is 0 Å².